The molecule has 0 aliphatic carbocycles. The van der Waals surface area contributed by atoms with E-state index in [2.05, 4.69) is 15.5 Å². The molecule has 2 aliphatic rings. The SMILES string of the molecule is CN1c2ccccc2C(=O)NC12CCN(C(=O)Nc1cccc(F)c1)CC2. The number of hydrogen-bond donors (Lipinski definition) is 2. The van der Waals surface area contributed by atoms with Crippen molar-refractivity contribution in [1.82, 2.24) is 10.2 Å². The van der Waals surface area contributed by atoms with E-state index in [1.165, 1.54) is 12.1 Å². The summed E-state index contributed by atoms with van der Waals surface area (Å²) in [5.41, 5.74) is 1.49. The number of carbonyl (C=O) groups excluding carboxylic acids is 2. The average Bonchev–Trinajstić information content (AvgIpc) is 2.67. The first-order chi connectivity index (χ1) is 13.0. The highest BCUT2D eigenvalue weighted by atomic mass is 19.1. The minimum Gasteiger partial charge on any atom is -0.351 e. The Labute approximate surface area is 157 Å². The highest BCUT2D eigenvalue weighted by molar-refractivity contribution is 6.02. The fraction of sp³-hybridized carbons (Fsp3) is 0.300. The standard InChI is InChI=1S/C20H21FN4O2/c1-24-17-8-3-2-7-16(17)18(26)23-20(24)9-11-25(12-10-20)19(27)22-15-6-4-5-14(21)13-15/h2-8,13H,9-12H2,1H3,(H,22,27)(H,23,26). The summed E-state index contributed by atoms with van der Waals surface area (Å²) in [5.74, 6) is -0.475. The molecule has 0 bridgehead atoms. The lowest BCUT2D eigenvalue weighted by molar-refractivity contribution is 0.0815. The molecule has 2 aromatic rings. The van der Waals surface area contributed by atoms with E-state index < -0.39 is 11.5 Å². The predicted octanol–water partition coefficient (Wildman–Crippen LogP) is 3.03. The van der Waals surface area contributed by atoms with E-state index in [-0.39, 0.29) is 11.9 Å². The van der Waals surface area contributed by atoms with E-state index >= 15 is 0 Å². The van der Waals surface area contributed by atoms with Gasteiger partial charge in [-0.25, -0.2) is 9.18 Å². The maximum atomic E-state index is 13.3. The second kappa shape index (κ2) is 6.57. The van der Waals surface area contributed by atoms with Gasteiger partial charge in [0.15, 0.2) is 0 Å². The molecule has 0 unspecified atom stereocenters. The van der Waals surface area contributed by atoms with Gasteiger partial charge in [-0.2, -0.15) is 0 Å². The van der Waals surface area contributed by atoms with Crippen molar-refractivity contribution in [3.05, 3.63) is 59.9 Å². The summed E-state index contributed by atoms with van der Waals surface area (Å²) in [5, 5.41) is 5.86. The molecule has 27 heavy (non-hydrogen) atoms. The number of piperidine rings is 1. The number of para-hydroxylation sites is 1. The lowest BCUT2D eigenvalue weighted by Gasteiger charge is -2.51. The average molecular weight is 368 g/mol. The van der Waals surface area contributed by atoms with Crippen molar-refractivity contribution in [3.63, 3.8) is 0 Å². The van der Waals surface area contributed by atoms with Crippen molar-refractivity contribution in [2.45, 2.75) is 18.5 Å². The Morgan fingerprint density at radius 2 is 1.89 bits per heavy atom. The maximum absolute atomic E-state index is 13.3. The number of rotatable bonds is 1. The fourth-order valence-corrected chi connectivity index (χ4v) is 3.86. The summed E-state index contributed by atoms with van der Waals surface area (Å²) >= 11 is 0. The van der Waals surface area contributed by atoms with Gasteiger partial charge in [-0.1, -0.05) is 18.2 Å². The second-order valence-corrected chi connectivity index (χ2v) is 6.99. The van der Waals surface area contributed by atoms with Crippen LogP contribution in [-0.4, -0.2) is 42.6 Å². The van der Waals surface area contributed by atoms with Crippen LogP contribution < -0.4 is 15.5 Å². The Kier molecular flexibility index (Phi) is 4.22. The van der Waals surface area contributed by atoms with Crippen LogP contribution in [0.2, 0.25) is 0 Å². The van der Waals surface area contributed by atoms with Crippen LogP contribution in [0.15, 0.2) is 48.5 Å². The molecule has 4 rings (SSSR count). The number of nitrogens with one attached hydrogen (secondary N) is 2. The maximum Gasteiger partial charge on any atom is 0.321 e. The third-order valence-corrected chi connectivity index (χ3v) is 5.45. The normalized spacial score (nSPS) is 18.1. The van der Waals surface area contributed by atoms with E-state index in [4.69, 9.17) is 0 Å². The van der Waals surface area contributed by atoms with Crippen molar-refractivity contribution in [3.8, 4) is 0 Å². The molecule has 2 aliphatic heterocycles. The van der Waals surface area contributed by atoms with Crippen LogP contribution in [0.25, 0.3) is 0 Å². The Morgan fingerprint density at radius 1 is 1.15 bits per heavy atom. The van der Waals surface area contributed by atoms with Gasteiger partial charge in [0.05, 0.1) is 11.3 Å². The molecule has 0 radical (unpaired) electrons. The first-order valence-corrected chi connectivity index (χ1v) is 8.95. The topological polar surface area (TPSA) is 64.7 Å². The highest BCUT2D eigenvalue weighted by Crippen LogP contribution is 2.36. The molecule has 1 spiro atoms. The number of anilines is 2. The Morgan fingerprint density at radius 3 is 2.63 bits per heavy atom. The van der Waals surface area contributed by atoms with Gasteiger partial charge >= 0.3 is 6.03 Å². The molecule has 0 atom stereocenters. The zero-order valence-electron chi connectivity index (χ0n) is 15.0. The molecule has 0 saturated carbocycles. The molecule has 2 N–H and O–H groups in total. The molecule has 0 aromatic heterocycles. The number of hydrogen-bond acceptors (Lipinski definition) is 3. The van der Waals surface area contributed by atoms with Crippen LogP contribution in [0.4, 0.5) is 20.6 Å². The number of benzene rings is 2. The van der Waals surface area contributed by atoms with E-state index in [9.17, 15) is 14.0 Å². The van der Waals surface area contributed by atoms with Crippen LogP contribution >= 0.6 is 0 Å². The smallest absolute Gasteiger partial charge is 0.321 e. The van der Waals surface area contributed by atoms with E-state index in [0.29, 0.717) is 37.2 Å². The van der Waals surface area contributed by atoms with Gasteiger partial charge in [-0.15, -0.1) is 0 Å². The number of urea groups is 1. The quantitative estimate of drug-likeness (QED) is 0.813. The van der Waals surface area contributed by atoms with E-state index in [1.807, 2.05) is 31.3 Å². The zero-order chi connectivity index (χ0) is 19.0. The van der Waals surface area contributed by atoms with Gasteiger partial charge in [-0.05, 0) is 30.3 Å². The van der Waals surface area contributed by atoms with Gasteiger partial charge < -0.3 is 20.4 Å². The number of halogens is 1. The first-order valence-electron chi connectivity index (χ1n) is 8.95. The fourth-order valence-electron chi connectivity index (χ4n) is 3.86. The third kappa shape index (κ3) is 3.09. The largest absolute Gasteiger partial charge is 0.351 e. The summed E-state index contributed by atoms with van der Waals surface area (Å²) in [4.78, 5) is 28.8. The lowest BCUT2D eigenvalue weighted by atomic mass is 9.90. The third-order valence-electron chi connectivity index (χ3n) is 5.45. The van der Waals surface area contributed by atoms with Gasteiger partial charge in [0.2, 0.25) is 0 Å². The Balaban J connectivity index is 1.46. The molecule has 1 fully saturated rings. The summed E-state index contributed by atoms with van der Waals surface area (Å²) in [6.07, 6.45) is 1.22. The molecule has 2 heterocycles. The van der Waals surface area contributed by atoms with Gasteiger partial charge in [0.1, 0.15) is 11.5 Å². The monoisotopic (exact) mass is 368 g/mol. The van der Waals surface area contributed by atoms with Gasteiger partial charge in [-0.3, -0.25) is 4.79 Å². The van der Waals surface area contributed by atoms with Crippen molar-refractivity contribution < 1.29 is 14.0 Å². The van der Waals surface area contributed by atoms with Crippen molar-refractivity contribution >= 4 is 23.3 Å². The van der Waals surface area contributed by atoms with Crippen LogP contribution in [0.1, 0.15) is 23.2 Å². The molecule has 140 valence electrons. The molecule has 1 saturated heterocycles. The van der Waals surface area contributed by atoms with Crippen LogP contribution in [-0.2, 0) is 0 Å². The van der Waals surface area contributed by atoms with Crippen molar-refractivity contribution in [1.29, 1.82) is 0 Å². The number of amides is 3. The van der Waals surface area contributed by atoms with Crippen LogP contribution in [0, 0.1) is 5.82 Å². The number of carbonyl (C=O) groups is 2. The summed E-state index contributed by atoms with van der Waals surface area (Å²) in [6, 6.07) is 13.1. The van der Waals surface area contributed by atoms with Crippen molar-refractivity contribution in [2.75, 3.05) is 30.4 Å². The van der Waals surface area contributed by atoms with E-state index in [1.54, 1.807) is 17.0 Å². The summed E-state index contributed by atoms with van der Waals surface area (Å²) < 4.78 is 13.3. The second-order valence-electron chi connectivity index (χ2n) is 6.99. The molecule has 7 heteroatoms. The van der Waals surface area contributed by atoms with Gasteiger partial charge in [0.25, 0.3) is 5.91 Å². The highest BCUT2D eigenvalue weighted by Gasteiger charge is 2.44. The Bertz CT molecular complexity index is 893. The van der Waals surface area contributed by atoms with Crippen LogP contribution in [0.3, 0.4) is 0 Å². The molecular weight excluding hydrogens is 347 g/mol. The number of likely N-dealkylation sites (tertiary alicyclic amines) is 1. The first kappa shape index (κ1) is 17.3. The minimum atomic E-state index is -0.499. The number of fused-ring (bicyclic) bond motifs is 1. The van der Waals surface area contributed by atoms with Gasteiger partial charge in [0, 0.05) is 38.7 Å². The molecule has 6 nitrogen and oxygen atoms in total. The molecule has 2 aromatic carbocycles. The Hall–Kier alpha value is -3.09. The molecule has 3 amide bonds. The molecular formula is C20H21FN4O2. The van der Waals surface area contributed by atoms with Crippen LogP contribution in [0.5, 0.6) is 0 Å². The lowest BCUT2D eigenvalue weighted by Crippen LogP contribution is -2.67. The summed E-state index contributed by atoms with van der Waals surface area (Å²) in [7, 11) is 1.97. The number of nitrogens with zero attached hydrogens (tertiary/aromatic N) is 2. The van der Waals surface area contributed by atoms with E-state index in [0.717, 1.165) is 5.69 Å². The van der Waals surface area contributed by atoms with Crippen molar-refractivity contribution in [2.24, 2.45) is 0 Å². The zero-order valence-corrected chi connectivity index (χ0v) is 15.0. The minimum absolute atomic E-state index is 0.0821. The predicted molar refractivity (Wildman–Crippen MR) is 101 cm³/mol. The summed E-state index contributed by atoms with van der Waals surface area (Å²) in [6.45, 7) is 0.988.